The number of anilines is 1. The van der Waals surface area contributed by atoms with Crippen molar-refractivity contribution in [3.05, 3.63) is 35.2 Å². The van der Waals surface area contributed by atoms with Crippen LogP contribution in [0, 0.1) is 0 Å². The highest BCUT2D eigenvalue weighted by atomic mass is 79.9. The molecule has 2 heterocycles. The van der Waals surface area contributed by atoms with Crippen molar-refractivity contribution < 1.29 is 8.42 Å². The Morgan fingerprint density at radius 3 is 2.95 bits per heavy atom. The third-order valence-electron chi connectivity index (χ3n) is 2.50. The molecule has 0 aliphatic rings. The van der Waals surface area contributed by atoms with Gasteiger partial charge < -0.3 is 5.32 Å². The van der Waals surface area contributed by atoms with E-state index >= 15 is 0 Å². The van der Waals surface area contributed by atoms with Crippen LogP contribution in [0.1, 0.15) is 0 Å². The Morgan fingerprint density at radius 2 is 2.25 bits per heavy atom. The molecule has 2 rings (SSSR count). The van der Waals surface area contributed by atoms with Crippen LogP contribution in [0.15, 0.2) is 40.1 Å². The maximum Gasteiger partial charge on any atom is 0.266 e. The lowest BCUT2D eigenvalue weighted by atomic mass is 10.5. The van der Waals surface area contributed by atoms with Gasteiger partial charge in [-0.05, 0) is 35.1 Å². The van der Waals surface area contributed by atoms with E-state index in [1.54, 1.807) is 16.8 Å². The highest BCUT2D eigenvalue weighted by molar-refractivity contribution is 9.10. The molecule has 2 aromatic rings. The molecule has 0 saturated heterocycles. The van der Waals surface area contributed by atoms with E-state index in [1.165, 1.54) is 18.6 Å². The van der Waals surface area contributed by atoms with Gasteiger partial charge >= 0.3 is 0 Å². The molecule has 0 aliphatic heterocycles. The van der Waals surface area contributed by atoms with Crippen molar-refractivity contribution in [2.75, 3.05) is 18.3 Å². The van der Waals surface area contributed by atoms with Gasteiger partial charge in [0.2, 0.25) is 0 Å². The number of halogens is 1. The lowest BCUT2D eigenvalue weighted by molar-refractivity contribution is 0.582. The van der Waals surface area contributed by atoms with Gasteiger partial charge in [0, 0.05) is 18.9 Å². The monoisotopic (exact) mass is 359 g/mol. The van der Waals surface area contributed by atoms with E-state index < -0.39 is 10.0 Å². The first-order chi connectivity index (χ1) is 9.53. The van der Waals surface area contributed by atoms with Gasteiger partial charge in [-0.25, -0.2) is 13.4 Å². The molecule has 0 aliphatic carbocycles. The first-order valence-electron chi connectivity index (χ1n) is 5.83. The number of likely N-dealkylation sites (N-methyl/N-ethyl adjacent to an activating group) is 1. The van der Waals surface area contributed by atoms with Crippen LogP contribution in [0.4, 0.5) is 5.82 Å². The zero-order chi connectivity index (χ0) is 14.6. The standard InChI is InChI=1S/C11H14BrN5O2S/c1-13-5-6-17-8-9(7-15-17)20(18,19)16-11-10(12)3-2-4-14-11/h2-4,7-8,13H,5-6H2,1H3,(H,14,16). The van der Waals surface area contributed by atoms with Crippen molar-refractivity contribution >= 4 is 31.8 Å². The molecule has 0 fully saturated rings. The van der Waals surface area contributed by atoms with Gasteiger partial charge in [0.05, 0.1) is 17.2 Å². The molecule has 0 radical (unpaired) electrons. The predicted molar refractivity (Wildman–Crippen MR) is 78.9 cm³/mol. The van der Waals surface area contributed by atoms with Crippen LogP contribution < -0.4 is 10.0 Å². The summed E-state index contributed by atoms with van der Waals surface area (Å²) < 4.78 is 29.0. The summed E-state index contributed by atoms with van der Waals surface area (Å²) in [6.45, 7) is 1.31. The van der Waals surface area contributed by atoms with Gasteiger partial charge in [-0.15, -0.1) is 0 Å². The minimum Gasteiger partial charge on any atom is -0.318 e. The van der Waals surface area contributed by atoms with E-state index in [0.717, 1.165) is 0 Å². The molecule has 9 heteroatoms. The van der Waals surface area contributed by atoms with Crippen molar-refractivity contribution in [3.8, 4) is 0 Å². The number of hydrogen-bond acceptors (Lipinski definition) is 5. The van der Waals surface area contributed by atoms with Crippen molar-refractivity contribution in [2.24, 2.45) is 0 Å². The average Bonchev–Trinajstić information content (AvgIpc) is 2.88. The van der Waals surface area contributed by atoms with Crippen LogP contribution in [0.3, 0.4) is 0 Å². The number of rotatable bonds is 6. The minimum atomic E-state index is -3.69. The maximum atomic E-state index is 12.2. The Labute approximate surface area is 125 Å². The molecule has 2 N–H and O–H groups in total. The second kappa shape index (κ2) is 6.33. The quantitative estimate of drug-likeness (QED) is 0.804. The van der Waals surface area contributed by atoms with Gasteiger partial charge in [-0.2, -0.15) is 5.10 Å². The van der Waals surface area contributed by atoms with Crippen molar-refractivity contribution in [1.29, 1.82) is 0 Å². The van der Waals surface area contributed by atoms with E-state index in [0.29, 0.717) is 17.6 Å². The van der Waals surface area contributed by atoms with Crippen LogP contribution in [0.5, 0.6) is 0 Å². The van der Waals surface area contributed by atoms with Crippen LogP contribution in [-0.2, 0) is 16.6 Å². The van der Waals surface area contributed by atoms with E-state index in [4.69, 9.17) is 0 Å². The Bertz CT molecular complexity index is 686. The van der Waals surface area contributed by atoms with Crippen LogP contribution in [0.2, 0.25) is 0 Å². The van der Waals surface area contributed by atoms with Crippen LogP contribution >= 0.6 is 15.9 Å². The van der Waals surface area contributed by atoms with Crippen molar-refractivity contribution in [1.82, 2.24) is 20.1 Å². The molecule has 0 bridgehead atoms. The largest absolute Gasteiger partial charge is 0.318 e. The molecule has 0 aromatic carbocycles. The van der Waals surface area contributed by atoms with E-state index in [1.807, 2.05) is 7.05 Å². The predicted octanol–water partition coefficient (Wildman–Crippen LogP) is 1.06. The fourth-order valence-corrected chi connectivity index (χ4v) is 2.95. The number of pyridine rings is 1. The molecule has 7 nitrogen and oxygen atoms in total. The highest BCUT2D eigenvalue weighted by Gasteiger charge is 2.18. The van der Waals surface area contributed by atoms with Gasteiger partial charge in [0.1, 0.15) is 4.90 Å². The lowest BCUT2D eigenvalue weighted by Crippen LogP contribution is -2.16. The highest BCUT2D eigenvalue weighted by Crippen LogP contribution is 2.21. The van der Waals surface area contributed by atoms with Gasteiger partial charge in [0.25, 0.3) is 10.0 Å². The Morgan fingerprint density at radius 1 is 1.45 bits per heavy atom. The molecule has 108 valence electrons. The SMILES string of the molecule is CNCCn1cc(S(=O)(=O)Nc2ncccc2Br)cn1. The van der Waals surface area contributed by atoms with Crippen LogP contribution in [-0.4, -0.2) is 36.8 Å². The third-order valence-corrected chi connectivity index (χ3v) is 4.43. The summed E-state index contributed by atoms with van der Waals surface area (Å²) in [6.07, 6.45) is 4.31. The molecule has 0 amide bonds. The summed E-state index contributed by atoms with van der Waals surface area (Å²) in [7, 11) is -1.87. The zero-order valence-electron chi connectivity index (χ0n) is 10.7. The van der Waals surface area contributed by atoms with Crippen LogP contribution in [0.25, 0.3) is 0 Å². The normalized spacial score (nSPS) is 11.5. The van der Waals surface area contributed by atoms with Crippen molar-refractivity contribution in [2.45, 2.75) is 11.4 Å². The molecule has 2 aromatic heterocycles. The summed E-state index contributed by atoms with van der Waals surface area (Å²) in [6, 6.07) is 3.42. The molecule has 0 spiro atoms. The van der Waals surface area contributed by atoms with Gasteiger partial charge in [0.15, 0.2) is 5.82 Å². The summed E-state index contributed by atoms with van der Waals surface area (Å²) in [5, 5.41) is 6.98. The number of nitrogens with one attached hydrogen (secondary N) is 2. The summed E-state index contributed by atoms with van der Waals surface area (Å²) in [4.78, 5) is 4.07. The first-order valence-corrected chi connectivity index (χ1v) is 8.11. The summed E-state index contributed by atoms with van der Waals surface area (Å²) >= 11 is 3.24. The van der Waals surface area contributed by atoms with E-state index in [9.17, 15) is 8.42 Å². The molecule has 0 unspecified atom stereocenters. The summed E-state index contributed by atoms with van der Waals surface area (Å²) in [5.41, 5.74) is 0. The minimum absolute atomic E-state index is 0.103. The first kappa shape index (κ1) is 14.9. The second-order valence-electron chi connectivity index (χ2n) is 3.98. The second-order valence-corrected chi connectivity index (χ2v) is 6.52. The van der Waals surface area contributed by atoms with Gasteiger partial charge in [-0.3, -0.25) is 9.40 Å². The smallest absolute Gasteiger partial charge is 0.266 e. The maximum absolute atomic E-state index is 12.2. The molecule has 0 atom stereocenters. The van der Waals surface area contributed by atoms with Gasteiger partial charge in [-0.1, -0.05) is 0 Å². The molecular weight excluding hydrogens is 346 g/mol. The number of nitrogens with zero attached hydrogens (tertiary/aromatic N) is 3. The molecule has 0 saturated carbocycles. The third kappa shape index (κ3) is 3.56. The fourth-order valence-electron chi connectivity index (χ4n) is 1.48. The Hall–Kier alpha value is -1.45. The van der Waals surface area contributed by atoms with Crippen molar-refractivity contribution in [3.63, 3.8) is 0 Å². The average molecular weight is 360 g/mol. The van der Waals surface area contributed by atoms with E-state index in [2.05, 4.69) is 36.1 Å². The molecular formula is C11H14BrN5O2S. The van der Waals surface area contributed by atoms with E-state index in [-0.39, 0.29) is 10.7 Å². The molecule has 20 heavy (non-hydrogen) atoms. The lowest BCUT2D eigenvalue weighted by Gasteiger charge is -2.06. The number of aromatic nitrogens is 3. The number of sulfonamides is 1. The topological polar surface area (TPSA) is 88.9 Å². The zero-order valence-corrected chi connectivity index (χ0v) is 13.1. The number of hydrogen-bond donors (Lipinski definition) is 2. The Balaban J connectivity index is 2.18. The summed E-state index contributed by atoms with van der Waals surface area (Å²) in [5.74, 6) is 0.246. The fraction of sp³-hybridized carbons (Fsp3) is 0.273. The Kier molecular flexibility index (Phi) is 4.73.